The van der Waals surface area contributed by atoms with Crippen molar-refractivity contribution in [1.29, 1.82) is 0 Å². The highest BCUT2D eigenvalue weighted by Crippen LogP contribution is 2.29. The molecule has 7 heteroatoms. The third-order valence-corrected chi connectivity index (χ3v) is 4.43. The van der Waals surface area contributed by atoms with Crippen molar-refractivity contribution in [3.05, 3.63) is 51.5 Å². The number of rotatable bonds is 5. The third-order valence-electron chi connectivity index (χ3n) is 3.70. The van der Waals surface area contributed by atoms with Gasteiger partial charge in [0, 0.05) is 25.7 Å². The molecule has 5 nitrogen and oxygen atoms in total. The minimum atomic E-state index is -0.266. The fraction of sp³-hybridized carbons (Fsp3) is 0.353. The molecule has 0 unspecified atom stereocenters. The number of aliphatic imine (C=N–C) groups is 1. The average Bonchev–Trinajstić information content (AvgIpc) is 3.11. The van der Waals surface area contributed by atoms with E-state index in [0.717, 1.165) is 29.4 Å². The van der Waals surface area contributed by atoms with E-state index in [0.29, 0.717) is 19.6 Å². The van der Waals surface area contributed by atoms with Crippen LogP contribution in [0.15, 0.2) is 34.0 Å². The first-order valence-corrected chi connectivity index (χ1v) is 8.68. The van der Waals surface area contributed by atoms with Crippen molar-refractivity contribution in [3.8, 4) is 5.75 Å². The van der Waals surface area contributed by atoms with Crippen molar-refractivity contribution in [2.75, 3.05) is 20.4 Å². The number of guanidine groups is 1. The van der Waals surface area contributed by atoms with Crippen LogP contribution in [0.1, 0.15) is 16.7 Å². The predicted octanol–water partition coefficient (Wildman–Crippen LogP) is 2.66. The zero-order chi connectivity index (χ0) is 16.8. The molecule has 0 saturated heterocycles. The van der Waals surface area contributed by atoms with E-state index in [-0.39, 0.29) is 12.6 Å². The van der Waals surface area contributed by atoms with E-state index in [2.05, 4.69) is 27.1 Å². The van der Waals surface area contributed by atoms with Gasteiger partial charge < -0.3 is 20.1 Å². The maximum atomic E-state index is 13.7. The molecule has 0 spiro atoms. The molecule has 3 rings (SSSR count). The Kier molecular flexibility index (Phi) is 5.66. The van der Waals surface area contributed by atoms with Crippen LogP contribution in [-0.2, 0) is 24.3 Å². The van der Waals surface area contributed by atoms with Gasteiger partial charge in [0.15, 0.2) is 12.8 Å². The predicted molar refractivity (Wildman–Crippen MR) is 92.9 cm³/mol. The summed E-state index contributed by atoms with van der Waals surface area (Å²) in [5.41, 5.74) is 2.82. The van der Waals surface area contributed by atoms with Crippen LogP contribution in [-0.4, -0.2) is 26.3 Å². The van der Waals surface area contributed by atoms with E-state index >= 15 is 0 Å². The van der Waals surface area contributed by atoms with E-state index in [1.54, 1.807) is 18.4 Å². The second kappa shape index (κ2) is 8.12. The summed E-state index contributed by atoms with van der Waals surface area (Å²) in [5.74, 6) is 1.19. The number of fused-ring (bicyclic) bond motifs is 1. The van der Waals surface area contributed by atoms with E-state index in [4.69, 9.17) is 9.47 Å². The van der Waals surface area contributed by atoms with Crippen LogP contribution in [0, 0.1) is 5.82 Å². The Morgan fingerprint density at radius 2 is 2.29 bits per heavy atom. The molecule has 0 fully saturated rings. The van der Waals surface area contributed by atoms with Crippen molar-refractivity contribution in [3.63, 3.8) is 0 Å². The van der Waals surface area contributed by atoms with Gasteiger partial charge >= 0.3 is 0 Å². The normalized spacial score (nSPS) is 14.0. The van der Waals surface area contributed by atoms with Crippen LogP contribution in [0.25, 0.3) is 0 Å². The fourth-order valence-electron chi connectivity index (χ4n) is 2.56. The van der Waals surface area contributed by atoms with Gasteiger partial charge in [0.2, 0.25) is 0 Å². The molecule has 1 aromatic heterocycles. The lowest BCUT2D eigenvalue weighted by Crippen LogP contribution is -2.37. The highest BCUT2D eigenvalue weighted by Gasteiger charge is 2.16. The molecule has 0 aliphatic carbocycles. The van der Waals surface area contributed by atoms with Crippen molar-refractivity contribution in [1.82, 2.24) is 10.6 Å². The number of benzene rings is 1. The molecular formula is C17H20FN3O2S. The summed E-state index contributed by atoms with van der Waals surface area (Å²) in [7, 11) is 1.73. The van der Waals surface area contributed by atoms with E-state index < -0.39 is 0 Å². The molecule has 1 aromatic carbocycles. The lowest BCUT2D eigenvalue weighted by molar-refractivity contribution is -0.0172. The fourth-order valence-corrected chi connectivity index (χ4v) is 3.23. The molecule has 2 aromatic rings. The van der Waals surface area contributed by atoms with Gasteiger partial charge in [-0.25, -0.2) is 4.39 Å². The van der Waals surface area contributed by atoms with Crippen molar-refractivity contribution < 1.29 is 13.9 Å². The number of nitrogens with zero attached hydrogens (tertiary/aromatic N) is 1. The zero-order valence-corrected chi connectivity index (χ0v) is 14.3. The Morgan fingerprint density at radius 1 is 1.38 bits per heavy atom. The van der Waals surface area contributed by atoms with E-state index in [9.17, 15) is 4.39 Å². The smallest absolute Gasteiger partial charge is 0.191 e. The highest BCUT2D eigenvalue weighted by molar-refractivity contribution is 7.07. The second-order valence-corrected chi connectivity index (χ2v) is 6.18. The summed E-state index contributed by atoms with van der Waals surface area (Å²) < 4.78 is 24.4. The molecule has 2 heterocycles. The molecule has 2 N–H and O–H groups in total. The Hall–Kier alpha value is -2.12. The molecule has 0 saturated carbocycles. The Morgan fingerprint density at radius 3 is 3.08 bits per heavy atom. The monoisotopic (exact) mass is 349 g/mol. The third kappa shape index (κ3) is 4.24. The van der Waals surface area contributed by atoms with Gasteiger partial charge in [-0.05, 0) is 46.5 Å². The number of hydrogen-bond donors (Lipinski definition) is 2. The van der Waals surface area contributed by atoms with Gasteiger partial charge in [-0.15, -0.1) is 0 Å². The SMILES string of the molecule is CN=C(NCCc1cc(F)cc2c1OCOC2)NCc1ccsc1. The summed E-state index contributed by atoms with van der Waals surface area (Å²) in [6.07, 6.45) is 0.638. The molecule has 0 radical (unpaired) electrons. The average molecular weight is 349 g/mol. The van der Waals surface area contributed by atoms with Gasteiger partial charge in [0.25, 0.3) is 0 Å². The zero-order valence-electron chi connectivity index (χ0n) is 13.5. The second-order valence-electron chi connectivity index (χ2n) is 5.40. The van der Waals surface area contributed by atoms with Crippen LogP contribution in [0.2, 0.25) is 0 Å². The number of hydrogen-bond acceptors (Lipinski definition) is 4. The van der Waals surface area contributed by atoms with Gasteiger partial charge in [-0.3, -0.25) is 4.99 Å². The molecule has 0 bridgehead atoms. The van der Waals surface area contributed by atoms with Crippen LogP contribution in [0.5, 0.6) is 5.75 Å². The van der Waals surface area contributed by atoms with Gasteiger partial charge in [-0.2, -0.15) is 11.3 Å². The summed E-state index contributed by atoms with van der Waals surface area (Å²) in [4.78, 5) is 4.20. The highest BCUT2D eigenvalue weighted by atomic mass is 32.1. The lowest BCUT2D eigenvalue weighted by Gasteiger charge is -2.21. The summed E-state index contributed by atoms with van der Waals surface area (Å²) >= 11 is 1.67. The molecule has 0 amide bonds. The molecule has 24 heavy (non-hydrogen) atoms. The standard InChI is InChI=1S/C17H20FN3O2S/c1-19-17(21-8-12-3-5-24-10-12)20-4-2-13-6-15(18)7-14-9-22-11-23-16(13)14/h3,5-7,10H,2,4,8-9,11H2,1H3,(H2,19,20,21). The first-order valence-electron chi connectivity index (χ1n) is 7.73. The largest absolute Gasteiger partial charge is 0.467 e. The first kappa shape index (κ1) is 16.7. The number of thiophene rings is 1. The van der Waals surface area contributed by atoms with Gasteiger partial charge in [0.05, 0.1) is 6.61 Å². The van der Waals surface area contributed by atoms with E-state index in [1.807, 2.05) is 5.38 Å². The lowest BCUT2D eigenvalue weighted by atomic mass is 10.1. The van der Waals surface area contributed by atoms with Crippen LogP contribution >= 0.6 is 11.3 Å². The molecule has 1 aliphatic heterocycles. The van der Waals surface area contributed by atoms with Gasteiger partial charge in [0.1, 0.15) is 11.6 Å². The maximum Gasteiger partial charge on any atom is 0.191 e. The van der Waals surface area contributed by atoms with Crippen molar-refractivity contribution >= 4 is 17.3 Å². The summed E-state index contributed by atoms with van der Waals surface area (Å²) in [5, 5.41) is 10.6. The number of ether oxygens (including phenoxy) is 2. The first-order chi connectivity index (χ1) is 11.8. The van der Waals surface area contributed by atoms with Crippen molar-refractivity contribution in [2.45, 2.75) is 19.6 Å². The minimum absolute atomic E-state index is 0.211. The van der Waals surface area contributed by atoms with Crippen LogP contribution in [0.4, 0.5) is 4.39 Å². The molecule has 1 aliphatic rings. The topological polar surface area (TPSA) is 54.9 Å². The Labute approximate surface area is 144 Å². The minimum Gasteiger partial charge on any atom is -0.467 e. The Balaban J connectivity index is 1.54. The maximum absolute atomic E-state index is 13.7. The van der Waals surface area contributed by atoms with Gasteiger partial charge in [-0.1, -0.05) is 0 Å². The number of nitrogens with one attached hydrogen (secondary N) is 2. The van der Waals surface area contributed by atoms with Crippen LogP contribution in [0.3, 0.4) is 0 Å². The molecule has 0 atom stereocenters. The van der Waals surface area contributed by atoms with E-state index in [1.165, 1.54) is 17.7 Å². The molecular weight excluding hydrogens is 329 g/mol. The quantitative estimate of drug-likeness (QED) is 0.644. The number of halogens is 1. The Bertz CT molecular complexity index is 704. The molecule has 128 valence electrons. The summed E-state index contributed by atoms with van der Waals surface area (Å²) in [6.45, 7) is 1.95. The van der Waals surface area contributed by atoms with Crippen molar-refractivity contribution in [2.24, 2.45) is 4.99 Å². The summed E-state index contributed by atoms with van der Waals surface area (Å²) in [6, 6.07) is 5.06. The van der Waals surface area contributed by atoms with Crippen LogP contribution < -0.4 is 15.4 Å².